The molecule has 138 valence electrons. The highest BCUT2D eigenvalue weighted by atomic mass is 127. The van der Waals surface area contributed by atoms with Gasteiger partial charge in [-0.15, -0.1) is 0 Å². The number of aldehydes is 1. The first kappa shape index (κ1) is 19.7. The number of carbonyl (C=O) groups is 1. The van der Waals surface area contributed by atoms with Crippen molar-refractivity contribution >= 4 is 47.6 Å². The van der Waals surface area contributed by atoms with Gasteiger partial charge in [0, 0.05) is 26.1 Å². The van der Waals surface area contributed by atoms with E-state index in [9.17, 15) is 13.4 Å². The summed E-state index contributed by atoms with van der Waals surface area (Å²) in [4.78, 5) is 16.3. The maximum atomic E-state index is 14.0. The highest BCUT2D eigenvalue weighted by molar-refractivity contribution is 14.1. The van der Waals surface area contributed by atoms with Gasteiger partial charge in [0.2, 0.25) is 0 Å². The number of carbonyl (C=O) groups excluding carboxylic acids is 1. The molecule has 0 bridgehead atoms. The third-order valence-electron chi connectivity index (χ3n) is 4.88. The summed E-state index contributed by atoms with van der Waals surface area (Å²) in [6, 6.07) is 9.37. The molecule has 1 aliphatic heterocycles. The summed E-state index contributed by atoms with van der Waals surface area (Å²) in [6.45, 7) is 7.11. The largest absolute Gasteiger partial charge is 0.677 e. The molecule has 0 atom stereocenters. The molecule has 0 fully saturated rings. The van der Waals surface area contributed by atoms with E-state index >= 15 is 0 Å². The van der Waals surface area contributed by atoms with Crippen molar-refractivity contribution < 1.29 is 13.4 Å². The molecule has 2 heterocycles. The van der Waals surface area contributed by atoms with Gasteiger partial charge in [0.15, 0.2) is 6.29 Å². The molecule has 0 amide bonds. The first-order chi connectivity index (χ1) is 12.8. The first-order valence-electron chi connectivity index (χ1n) is 8.46. The maximum Gasteiger partial charge on any atom is 0.677 e. The van der Waals surface area contributed by atoms with Crippen LogP contribution in [0.25, 0.3) is 5.57 Å². The van der Waals surface area contributed by atoms with E-state index in [0.29, 0.717) is 34.4 Å². The zero-order valence-corrected chi connectivity index (χ0v) is 17.6. The van der Waals surface area contributed by atoms with Gasteiger partial charge in [-0.05, 0) is 67.0 Å². The van der Waals surface area contributed by atoms with E-state index in [1.807, 2.05) is 44.2 Å². The monoisotopic (exact) mass is 478 g/mol. The highest BCUT2D eigenvalue weighted by Gasteiger charge is 2.32. The number of nitrogens with zero attached hydrogens (tertiary/aromatic N) is 2. The molecule has 2 aromatic rings. The molecule has 1 aromatic carbocycles. The molecule has 0 spiro atoms. The fourth-order valence-electron chi connectivity index (χ4n) is 3.51. The van der Waals surface area contributed by atoms with Crippen LogP contribution in [-0.2, 0) is 0 Å². The van der Waals surface area contributed by atoms with Crippen LogP contribution in [0.5, 0.6) is 0 Å². The average Bonchev–Trinajstić information content (AvgIpc) is 3.04. The van der Waals surface area contributed by atoms with Crippen LogP contribution in [0.3, 0.4) is 0 Å². The normalized spacial score (nSPS) is 15.9. The SMILES string of the molecule is CC1=N/C(=C(/c2ccccc2)c2c(C)c(C=O)c(C)n2B(F)F)C(C)=C1I. The molecule has 3 nitrogen and oxygen atoms in total. The summed E-state index contributed by atoms with van der Waals surface area (Å²) < 4.78 is 30.0. The van der Waals surface area contributed by atoms with Crippen LogP contribution in [0.15, 0.2) is 50.2 Å². The fourth-order valence-corrected chi connectivity index (χ4v) is 3.89. The van der Waals surface area contributed by atoms with E-state index in [0.717, 1.165) is 24.9 Å². The number of aliphatic imine (C=N–C) groups is 1. The Morgan fingerprint density at radius 3 is 2.26 bits per heavy atom. The summed E-state index contributed by atoms with van der Waals surface area (Å²) in [5.41, 5.74) is 5.32. The Labute approximate surface area is 171 Å². The minimum Gasteiger partial charge on any atom is -0.328 e. The number of hydrogen-bond donors (Lipinski definition) is 0. The van der Waals surface area contributed by atoms with Crippen LogP contribution in [0.2, 0.25) is 0 Å². The molecule has 1 aliphatic rings. The van der Waals surface area contributed by atoms with Crippen LogP contribution < -0.4 is 0 Å². The van der Waals surface area contributed by atoms with Crippen molar-refractivity contribution in [1.29, 1.82) is 0 Å². The maximum absolute atomic E-state index is 14.0. The van der Waals surface area contributed by atoms with Crippen molar-refractivity contribution in [2.45, 2.75) is 27.7 Å². The Morgan fingerprint density at radius 1 is 1.15 bits per heavy atom. The molecule has 1 aromatic heterocycles. The van der Waals surface area contributed by atoms with Crippen molar-refractivity contribution in [3.8, 4) is 0 Å². The van der Waals surface area contributed by atoms with Crippen molar-refractivity contribution in [2.75, 3.05) is 0 Å². The zero-order chi connectivity index (χ0) is 19.9. The molecule has 0 N–H and O–H groups in total. The van der Waals surface area contributed by atoms with Gasteiger partial charge in [-0.25, -0.2) is 0 Å². The van der Waals surface area contributed by atoms with Gasteiger partial charge in [0.1, 0.15) is 0 Å². The number of rotatable bonds is 4. The van der Waals surface area contributed by atoms with Crippen molar-refractivity contribution in [2.24, 2.45) is 4.99 Å². The van der Waals surface area contributed by atoms with Crippen LogP contribution in [0.1, 0.15) is 46.7 Å². The lowest BCUT2D eigenvalue weighted by molar-refractivity contribution is 0.112. The van der Waals surface area contributed by atoms with Crippen LogP contribution in [0.4, 0.5) is 8.63 Å². The summed E-state index contributed by atoms with van der Waals surface area (Å²) >= 11 is 2.22. The zero-order valence-electron chi connectivity index (χ0n) is 15.5. The second-order valence-electron chi connectivity index (χ2n) is 6.46. The number of hydrogen-bond acceptors (Lipinski definition) is 2. The summed E-state index contributed by atoms with van der Waals surface area (Å²) in [5.74, 6) is 0. The van der Waals surface area contributed by atoms with Crippen molar-refractivity contribution in [3.05, 3.63) is 73.3 Å². The van der Waals surface area contributed by atoms with E-state index in [-0.39, 0.29) is 5.69 Å². The van der Waals surface area contributed by atoms with Gasteiger partial charge >= 0.3 is 7.40 Å². The highest BCUT2D eigenvalue weighted by Crippen LogP contribution is 2.40. The smallest absolute Gasteiger partial charge is 0.328 e. The van der Waals surface area contributed by atoms with E-state index in [1.54, 1.807) is 13.8 Å². The van der Waals surface area contributed by atoms with E-state index in [2.05, 4.69) is 27.6 Å². The molecule has 0 radical (unpaired) electrons. The quantitative estimate of drug-likeness (QED) is 0.319. The molecular formula is C20H18BF2IN2O. The third-order valence-corrected chi connectivity index (χ3v) is 6.47. The number of halogens is 3. The predicted molar refractivity (Wildman–Crippen MR) is 115 cm³/mol. The van der Waals surface area contributed by atoms with Gasteiger partial charge in [0.05, 0.1) is 11.4 Å². The lowest BCUT2D eigenvalue weighted by Crippen LogP contribution is -2.18. The van der Waals surface area contributed by atoms with Gasteiger partial charge in [0.25, 0.3) is 0 Å². The lowest BCUT2D eigenvalue weighted by Gasteiger charge is -2.16. The van der Waals surface area contributed by atoms with Crippen molar-refractivity contribution in [1.82, 2.24) is 4.48 Å². The van der Waals surface area contributed by atoms with Crippen LogP contribution in [-0.4, -0.2) is 23.9 Å². The van der Waals surface area contributed by atoms with Crippen LogP contribution in [0, 0.1) is 13.8 Å². The lowest BCUT2D eigenvalue weighted by atomic mass is 9.94. The Hall–Kier alpha value is -2.03. The van der Waals surface area contributed by atoms with E-state index < -0.39 is 7.40 Å². The number of aromatic nitrogens is 1. The average molecular weight is 478 g/mol. The Bertz CT molecular complexity index is 1020. The van der Waals surface area contributed by atoms with Gasteiger partial charge in [-0.2, -0.15) is 0 Å². The van der Waals surface area contributed by atoms with E-state index in [4.69, 9.17) is 0 Å². The van der Waals surface area contributed by atoms with Crippen LogP contribution >= 0.6 is 22.6 Å². The topological polar surface area (TPSA) is 34.4 Å². The number of allylic oxidation sites excluding steroid dienone is 2. The fraction of sp³-hybridized carbons (Fsp3) is 0.200. The summed E-state index contributed by atoms with van der Waals surface area (Å²) in [6.07, 6.45) is 0.649. The minimum absolute atomic E-state index is 0.261. The molecule has 27 heavy (non-hydrogen) atoms. The summed E-state index contributed by atoms with van der Waals surface area (Å²) in [7, 11) is -2.76. The standard InChI is InChI=1S/C20H18BF2IN2O/c1-11-16(10-27)14(4)26(21(22)23)20(11)17(15-8-6-5-7-9-15)19-12(2)18(24)13(3)25-19/h5-10H,1-4H3/b19-17-. The van der Waals surface area contributed by atoms with E-state index in [1.165, 1.54) is 0 Å². The molecule has 0 aliphatic carbocycles. The summed E-state index contributed by atoms with van der Waals surface area (Å²) in [5, 5.41) is 0. The molecule has 0 unspecified atom stereocenters. The molecular weight excluding hydrogens is 460 g/mol. The number of benzene rings is 1. The Morgan fingerprint density at radius 2 is 1.78 bits per heavy atom. The minimum atomic E-state index is -2.76. The van der Waals surface area contributed by atoms with Gasteiger partial charge in [-0.1, -0.05) is 30.3 Å². The second kappa shape index (κ2) is 7.54. The third kappa shape index (κ3) is 3.22. The van der Waals surface area contributed by atoms with Crippen molar-refractivity contribution in [3.63, 3.8) is 0 Å². The Balaban J connectivity index is 2.49. The Kier molecular flexibility index (Phi) is 5.51. The van der Waals surface area contributed by atoms with Gasteiger partial charge in [-0.3, -0.25) is 18.4 Å². The first-order valence-corrected chi connectivity index (χ1v) is 9.54. The van der Waals surface area contributed by atoms with Gasteiger partial charge < -0.3 is 4.48 Å². The molecule has 0 saturated carbocycles. The molecule has 0 saturated heterocycles. The molecule has 7 heteroatoms. The molecule has 3 rings (SSSR count). The second-order valence-corrected chi connectivity index (χ2v) is 7.54. The predicted octanol–water partition coefficient (Wildman–Crippen LogP) is 5.63.